The molecule has 0 atom stereocenters. The summed E-state index contributed by atoms with van der Waals surface area (Å²) in [6.45, 7) is 0.432. The van der Waals surface area contributed by atoms with Crippen molar-refractivity contribution in [3.05, 3.63) is 185 Å². The SMILES string of the molecule is O=C1NCc2c(cc3c(c(-c4ccncc4)nn3C(c3ccccc3)(c3ccccc3)c3ccccc3)c2Cc2ccccc2)N1. The van der Waals surface area contributed by atoms with E-state index in [0.29, 0.717) is 13.0 Å². The van der Waals surface area contributed by atoms with Crippen molar-refractivity contribution in [2.75, 3.05) is 5.32 Å². The van der Waals surface area contributed by atoms with Crippen molar-refractivity contribution in [3.63, 3.8) is 0 Å². The van der Waals surface area contributed by atoms with Crippen LogP contribution in [0.5, 0.6) is 0 Å². The number of pyridine rings is 1. The summed E-state index contributed by atoms with van der Waals surface area (Å²) in [5, 5.41) is 12.8. The lowest BCUT2D eigenvalue weighted by Gasteiger charge is -2.37. The Morgan fingerprint density at radius 3 is 1.80 bits per heavy atom. The summed E-state index contributed by atoms with van der Waals surface area (Å²) in [5.41, 5.74) is 9.33. The molecule has 6 nitrogen and oxygen atoms in total. The van der Waals surface area contributed by atoms with Gasteiger partial charge < -0.3 is 10.6 Å². The van der Waals surface area contributed by atoms with E-state index in [-0.39, 0.29) is 6.03 Å². The molecule has 46 heavy (non-hydrogen) atoms. The number of benzene rings is 5. The number of urea groups is 1. The summed E-state index contributed by atoms with van der Waals surface area (Å²) >= 11 is 0. The highest BCUT2D eigenvalue weighted by atomic mass is 16.2. The number of nitrogens with zero attached hydrogens (tertiary/aromatic N) is 3. The van der Waals surface area contributed by atoms with Crippen molar-refractivity contribution >= 4 is 22.6 Å². The lowest BCUT2D eigenvalue weighted by atomic mass is 9.77. The minimum atomic E-state index is -0.845. The summed E-state index contributed by atoms with van der Waals surface area (Å²) in [6.07, 6.45) is 4.31. The molecule has 0 saturated heterocycles. The number of rotatable bonds is 7. The van der Waals surface area contributed by atoms with E-state index in [0.717, 1.165) is 55.7 Å². The maximum Gasteiger partial charge on any atom is 0.319 e. The monoisotopic (exact) mass is 597 g/mol. The van der Waals surface area contributed by atoms with Crippen molar-refractivity contribution in [2.45, 2.75) is 18.5 Å². The molecule has 2 N–H and O–H groups in total. The standard InChI is InChI=1S/C40H31N5O/c46-39-42-27-34-33(25-28-13-5-1-6-14-28)37-36(26-35(34)43-39)45(44-38(37)29-21-23-41-24-22-29)40(30-15-7-2-8-16-30,31-17-9-3-10-18-31)32-19-11-4-12-20-32/h1-24,26H,25,27H2,(H2,42,43,46). The molecule has 2 amide bonds. The van der Waals surface area contributed by atoms with Crippen LogP contribution in [-0.4, -0.2) is 20.8 Å². The average Bonchev–Trinajstić information content (AvgIpc) is 3.50. The largest absolute Gasteiger partial charge is 0.334 e. The average molecular weight is 598 g/mol. The quantitative estimate of drug-likeness (QED) is 0.182. The second kappa shape index (κ2) is 11.5. The molecule has 2 aromatic heterocycles. The number of amides is 2. The van der Waals surface area contributed by atoms with Gasteiger partial charge in [-0.3, -0.25) is 4.98 Å². The van der Waals surface area contributed by atoms with Crippen molar-refractivity contribution < 1.29 is 4.79 Å². The first-order chi connectivity index (χ1) is 22.7. The van der Waals surface area contributed by atoms with Crippen LogP contribution in [0.15, 0.2) is 152 Å². The topological polar surface area (TPSA) is 71.8 Å². The fraction of sp³-hybridized carbons (Fsp3) is 0.0750. The van der Waals surface area contributed by atoms with Crippen LogP contribution in [-0.2, 0) is 18.5 Å². The molecular formula is C40H31N5O. The molecule has 0 fully saturated rings. The van der Waals surface area contributed by atoms with E-state index >= 15 is 0 Å². The summed E-state index contributed by atoms with van der Waals surface area (Å²) in [6, 6.07) is 48.1. The first-order valence-corrected chi connectivity index (χ1v) is 15.5. The highest BCUT2D eigenvalue weighted by Gasteiger charge is 2.42. The van der Waals surface area contributed by atoms with Crippen LogP contribution in [0.2, 0.25) is 0 Å². The predicted octanol–water partition coefficient (Wildman–Crippen LogP) is 8.16. The number of hydrogen-bond donors (Lipinski definition) is 2. The summed E-state index contributed by atoms with van der Waals surface area (Å²) < 4.78 is 2.18. The fourth-order valence-corrected chi connectivity index (χ4v) is 6.92. The van der Waals surface area contributed by atoms with E-state index in [1.807, 2.05) is 48.8 Å². The summed E-state index contributed by atoms with van der Waals surface area (Å²) in [5.74, 6) is 0. The molecule has 222 valence electrons. The Labute approximate surface area is 267 Å². The molecule has 0 radical (unpaired) electrons. The molecule has 1 aliphatic heterocycles. The Morgan fingerprint density at radius 1 is 0.696 bits per heavy atom. The van der Waals surface area contributed by atoms with Gasteiger partial charge in [-0.2, -0.15) is 5.10 Å². The molecule has 0 bridgehead atoms. The van der Waals surface area contributed by atoms with E-state index < -0.39 is 5.54 Å². The van der Waals surface area contributed by atoms with Gasteiger partial charge in [0.25, 0.3) is 0 Å². The number of aromatic nitrogens is 3. The van der Waals surface area contributed by atoms with Gasteiger partial charge >= 0.3 is 6.03 Å². The lowest BCUT2D eigenvalue weighted by molar-refractivity contribution is 0.251. The molecule has 6 heteroatoms. The maximum absolute atomic E-state index is 12.8. The molecule has 0 unspecified atom stereocenters. The van der Waals surface area contributed by atoms with Crippen LogP contribution < -0.4 is 10.6 Å². The predicted molar refractivity (Wildman–Crippen MR) is 183 cm³/mol. The Bertz CT molecular complexity index is 2050. The van der Waals surface area contributed by atoms with Crippen molar-refractivity contribution in [1.82, 2.24) is 20.1 Å². The van der Waals surface area contributed by atoms with Crippen LogP contribution in [0.3, 0.4) is 0 Å². The van der Waals surface area contributed by atoms with Crippen LogP contribution in [0.4, 0.5) is 10.5 Å². The maximum atomic E-state index is 12.8. The molecule has 7 aromatic rings. The van der Waals surface area contributed by atoms with E-state index in [1.54, 1.807) is 0 Å². The fourth-order valence-electron chi connectivity index (χ4n) is 6.92. The number of fused-ring (bicyclic) bond motifs is 2. The first-order valence-electron chi connectivity index (χ1n) is 15.5. The van der Waals surface area contributed by atoms with Crippen molar-refractivity contribution in [1.29, 1.82) is 0 Å². The third-order valence-electron chi connectivity index (χ3n) is 8.94. The van der Waals surface area contributed by atoms with Crippen LogP contribution in [0.1, 0.15) is 33.4 Å². The molecule has 5 aromatic carbocycles. The Kier molecular flexibility index (Phi) is 6.88. The molecule has 0 aliphatic carbocycles. The van der Waals surface area contributed by atoms with Gasteiger partial charge in [-0.25, -0.2) is 9.48 Å². The number of carbonyl (C=O) groups is 1. The van der Waals surface area contributed by atoms with Gasteiger partial charge in [-0.15, -0.1) is 0 Å². The minimum absolute atomic E-state index is 0.210. The number of nitrogens with one attached hydrogen (secondary N) is 2. The summed E-state index contributed by atoms with van der Waals surface area (Å²) in [7, 11) is 0. The van der Waals surface area contributed by atoms with Crippen LogP contribution in [0.25, 0.3) is 22.2 Å². The number of anilines is 1. The zero-order valence-electron chi connectivity index (χ0n) is 25.1. The molecule has 0 saturated carbocycles. The second-order valence-electron chi connectivity index (χ2n) is 11.6. The van der Waals surface area contributed by atoms with E-state index in [9.17, 15) is 4.79 Å². The third-order valence-corrected chi connectivity index (χ3v) is 8.94. The van der Waals surface area contributed by atoms with Crippen molar-refractivity contribution in [2.24, 2.45) is 0 Å². The second-order valence-corrected chi connectivity index (χ2v) is 11.6. The minimum Gasteiger partial charge on any atom is -0.334 e. The zero-order valence-corrected chi connectivity index (χ0v) is 25.1. The van der Waals surface area contributed by atoms with Crippen LogP contribution >= 0.6 is 0 Å². The number of carbonyl (C=O) groups excluding carboxylic acids is 1. The molecule has 0 spiro atoms. The number of hydrogen-bond acceptors (Lipinski definition) is 3. The molecule has 3 heterocycles. The van der Waals surface area contributed by atoms with Gasteiger partial charge in [0, 0.05) is 35.6 Å². The third kappa shape index (κ3) is 4.54. The van der Waals surface area contributed by atoms with Gasteiger partial charge in [-0.05, 0) is 58.0 Å². The lowest BCUT2D eigenvalue weighted by Crippen LogP contribution is -2.39. The molecule has 1 aliphatic rings. The Hall–Kier alpha value is -6.01. The van der Waals surface area contributed by atoms with E-state index in [1.165, 1.54) is 5.56 Å². The van der Waals surface area contributed by atoms with Crippen LogP contribution in [0, 0.1) is 0 Å². The Balaban J connectivity index is 1.56. The zero-order chi connectivity index (χ0) is 30.9. The normalized spacial score (nSPS) is 12.7. The van der Waals surface area contributed by atoms with Gasteiger partial charge in [-0.1, -0.05) is 121 Å². The Morgan fingerprint density at radius 2 is 1.24 bits per heavy atom. The highest BCUT2D eigenvalue weighted by Crippen LogP contribution is 2.46. The van der Waals surface area contributed by atoms with Gasteiger partial charge in [0.05, 0.1) is 5.52 Å². The first kappa shape index (κ1) is 27.5. The molecule has 8 rings (SSSR count). The van der Waals surface area contributed by atoms with E-state index in [2.05, 4.69) is 123 Å². The van der Waals surface area contributed by atoms with Crippen molar-refractivity contribution in [3.8, 4) is 11.3 Å². The molecular weight excluding hydrogens is 566 g/mol. The van der Waals surface area contributed by atoms with Gasteiger partial charge in [0.1, 0.15) is 11.2 Å². The van der Waals surface area contributed by atoms with Gasteiger partial charge in [0.15, 0.2) is 0 Å². The van der Waals surface area contributed by atoms with Gasteiger partial charge in [0.2, 0.25) is 0 Å². The summed E-state index contributed by atoms with van der Waals surface area (Å²) in [4.78, 5) is 17.1. The van der Waals surface area contributed by atoms with E-state index in [4.69, 9.17) is 5.10 Å². The smallest absolute Gasteiger partial charge is 0.319 e. The highest BCUT2D eigenvalue weighted by molar-refractivity contribution is 6.03.